The van der Waals surface area contributed by atoms with Gasteiger partial charge < -0.3 is 20.0 Å². The molecule has 2 aliphatic heterocycles. The first-order valence-electron chi connectivity index (χ1n) is 6.61. The maximum Gasteiger partial charge on any atom is 0.407 e. The standard InChI is InChI=1S/C14H16N2O4/c17-13(18)16-7-5-14(6-8-16)9-11(15-19)10-3-1-2-4-12(10)20-14/h1-4,19H,5-9H2,(H,17,18). The lowest BCUT2D eigenvalue weighted by molar-refractivity contribution is 0.00625. The summed E-state index contributed by atoms with van der Waals surface area (Å²) >= 11 is 0. The van der Waals surface area contributed by atoms with Crippen molar-refractivity contribution >= 4 is 11.8 Å². The van der Waals surface area contributed by atoms with Crippen LogP contribution < -0.4 is 4.74 Å². The zero-order valence-electron chi connectivity index (χ0n) is 11.0. The van der Waals surface area contributed by atoms with Gasteiger partial charge in [-0.1, -0.05) is 17.3 Å². The minimum atomic E-state index is -0.896. The molecule has 0 bridgehead atoms. The van der Waals surface area contributed by atoms with E-state index < -0.39 is 11.7 Å². The van der Waals surface area contributed by atoms with Crippen molar-refractivity contribution in [1.29, 1.82) is 0 Å². The van der Waals surface area contributed by atoms with Crippen LogP contribution in [0.15, 0.2) is 29.4 Å². The van der Waals surface area contributed by atoms with Crippen molar-refractivity contribution in [3.8, 4) is 5.75 Å². The summed E-state index contributed by atoms with van der Waals surface area (Å²) in [7, 11) is 0. The lowest BCUT2D eigenvalue weighted by atomic mass is 9.82. The average molecular weight is 276 g/mol. The third kappa shape index (κ3) is 2.07. The number of oxime groups is 1. The Morgan fingerprint density at radius 3 is 2.65 bits per heavy atom. The summed E-state index contributed by atoms with van der Waals surface area (Å²) in [5, 5.41) is 21.6. The van der Waals surface area contributed by atoms with Crippen molar-refractivity contribution in [1.82, 2.24) is 4.90 Å². The van der Waals surface area contributed by atoms with E-state index in [1.165, 1.54) is 4.90 Å². The molecule has 6 nitrogen and oxygen atoms in total. The van der Waals surface area contributed by atoms with E-state index in [0.717, 1.165) is 5.56 Å². The molecule has 1 saturated heterocycles. The highest BCUT2D eigenvalue weighted by molar-refractivity contribution is 6.04. The maximum absolute atomic E-state index is 11.0. The molecule has 106 valence electrons. The third-order valence-electron chi connectivity index (χ3n) is 4.08. The Balaban J connectivity index is 1.86. The Morgan fingerprint density at radius 1 is 1.30 bits per heavy atom. The zero-order chi connectivity index (χ0) is 14.2. The van der Waals surface area contributed by atoms with Crippen LogP contribution in [0.25, 0.3) is 0 Å². The molecule has 0 saturated carbocycles. The monoisotopic (exact) mass is 276 g/mol. The molecule has 2 N–H and O–H groups in total. The Bertz CT molecular complexity index is 562. The molecule has 1 fully saturated rings. The SMILES string of the molecule is O=C(O)N1CCC2(CC1)CC(=NO)c1ccccc1O2. The molecule has 1 spiro atoms. The molecule has 2 aliphatic rings. The minimum absolute atomic E-state index is 0.441. The van der Waals surface area contributed by atoms with E-state index in [4.69, 9.17) is 9.84 Å². The van der Waals surface area contributed by atoms with Crippen LogP contribution in [0, 0.1) is 0 Å². The van der Waals surface area contributed by atoms with E-state index in [1.54, 1.807) is 0 Å². The number of carbonyl (C=O) groups is 1. The van der Waals surface area contributed by atoms with Crippen LogP contribution in [0.4, 0.5) is 4.79 Å². The number of ether oxygens (including phenoxy) is 1. The number of para-hydroxylation sites is 1. The molecule has 6 heteroatoms. The van der Waals surface area contributed by atoms with Gasteiger partial charge in [-0.15, -0.1) is 0 Å². The predicted octanol–water partition coefficient (Wildman–Crippen LogP) is 2.16. The second-order valence-electron chi connectivity index (χ2n) is 5.27. The topological polar surface area (TPSA) is 82.4 Å². The fourth-order valence-electron chi connectivity index (χ4n) is 2.94. The third-order valence-corrected chi connectivity index (χ3v) is 4.08. The first-order chi connectivity index (χ1) is 9.63. The number of hydrogen-bond acceptors (Lipinski definition) is 4. The van der Waals surface area contributed by atoms with Gasteiger partial charge >= 0.3 is 6.09 Å². The Kier molecular flexibility index (Phi) is 3.00. The van der Waals surface area contributed by atoms with Crippen LogP contribution in [0.2, 0.25) is 0 Å². The largest absolute Gasteiger partial charge is 0.486 e. The molecule has 0 radical (unpaired) electrons. The van der Waals surface area contributed by atoms with Crippen molar-refractivity contribution < 1.29 is 19.8 Å². The molecular formula is C14H16N2O4. The molecule has 0 unspecified atom stereocenters. The molecule has 2 heterocycles. The van der Waals surface area contributed by atoms with E-state index in [0.29, 0.717) is 43.8 Å². The second-order valence-corrected chi connectivity index (χ2v) is 5.27. The van der Waals surface area contributed by atoms with E-state index in [2.05, 4.69) is 5.16 Å². The molecule has 3 rings (SSSR count). The van der Waals surface area contributed by atoms with Crippen molar-refractivity contribution in [3.63, 3.8) is 0 Å². The van der Waals surface area contributed by atoms with Gasteiger partial charge in [-0.25, -0.2) is 4.79 Å². The van der Waals surface area contributed by atoms with E-state index >= 15 is 0 Å². The number of likely N-dealkylation sites (tertiary alicyclic amines) is 1. The molecule has 20 heavy (non-hydrogen) atoms. The number of carboxylic acid groups (broad SMARTS) is 1. The van der Waals surface area contributed by atoms with Crippen molar-refractivity contribution in [3.05, 3.63) is 29.8 Å². The Labute approximate surface area is 116 Å². The number of piperidine rings is 1. The van der Waals surface area contributed by atoms with Gasteiger partial charge in [0.05, 0.1) is 5.71 Å². The molecule has 0 aliphatic carbocycles. The van der Waals surface area contributed by atoms with Crippen LogP contribution in [0.3, 0.4) is 0 Å². The van der Waals surface area contributed by atoms with Gasteiger partial charge in [-0.3, -0.25) is 0 Å². The van der Waals surface area contributed by atoms with Gasteiger partial charge in [-0.2, -0.15) is 0 Å². The summed E-state index contributed by atoms with van der Waals surface area (Å²) < 4.78 is 6.11. The summed E-state index contributed by atoms with van der Waals surface area (Å²) in [4.78, 5) is 12.4. The fourth-order valence-corrected chi connectivity index (χ4v) is 2.94. The van der Waals surface area contributed by atoms with Crippen molar-refractivity contribution in [2.45, 2.75) is 24.9 Å². The molecule has 0 aromatic heterocycles. The lowest BCUT2D eigenvalue weighted by Crippen LogP contribution is -2.52. The molecule has 1 amide bonds. The van der Waals surface area contributed by atoms with E-state index in [-0.39, 0.29) is 0 Å². The summed E-state index contributed by atoms with van der Waals surface area (Å²) in [5.41, 5.74) is 0.957. The zero-order valence-corrected chi connectivity index (χ0v) is 11.0. The number of rotatable bonds is 0. The lowest BCUT2D eigenvalue weighted by Gasteiger charge is -2.43. The summed E-state index contributed by atoms with van der Waals surface area (Å²) in [6.07, 6.45) is 0.819. The van der Waals surface area contributed by atoms with Crippen LogP contribution in [0.5, 0.6) is 5.75 Å². The number of nitrogens with zero attached hydrogens (tertiary/aromatic N) is 2. The second kappa shape index (κ2) is 4.70. The van der Waals surface area contributed by atoms with Crippen LogP contribution in [-0.4, -0.2) is 45.7 Å². The van der Waals surface area contributed by atoms with E-state index in [9.17, 15) is 10.0 Å². The summed E-state index contributed by atoms with van der Waals surface area (Å²) in [5.74, 6) is 0.704. The Morgan fingerprint density at radius 2 is 2.00 bits per heavy atom. The smallest absolute Gasteiger partial charge is 0.407 e. The predicted molar refractivity (Wildman–Crippen MR) is 71.6 cm³/mol. The van der Waals surface area contributed by atoms with Crippen LogP contribution >= 0.6 is 0 Å². The highest BCUT2D eigenvalue weighted by Gasteiger charge is 2.42. The molecule has 0 atom stereocenters. The highest BCUT2D eigenvalue weighted by atomic mass is 16.5. The Hall–Kier alpha value is -2.24. The average Bonchev–Trinajstić information content (AvgIpc) is 2.47. The summed E-state index contributed by atoms with van der Waals surface area (Å²) in [6, 6.07) is 7.46. The number of fused-ring (bicyclic) bond motifs is 1. The molecule has 1 aromatic rings. The highest BCUT2D eigenvalue weighted by Crippen LogP contribution is 2.39. The molecular weight excluding hydrogens is 260 g/mol. The number of amides is 1. The number of benzene rings is 1. The quantitative estimate of drug-likeness (QED) is 0.562. The van der Waals surface area contributed by atoms with Gasteiger partial charge in [0.25, 0.3) is 0 Å². The van der Waals surface area contributed by atoms with E-state index in [1.807, 2.05) is 24.3 Å². The first-order valence-corrected chi connectivity index (χ1v) is 6.61. The van der Waals surface area contributed by atoms with Gasteiger partial charge in [-0.05, 0) is 12.1 Å². The first kappa shape index (κ1) is 12.8. The van der Waals surface area contributed by atoms with Crippen LogP contribution in [-0.2, 0) is 0 Å². The van der Waals surface area contributed by atoms with Gasteiger partial charge in [0.1, 0.15) is 11.4 Å². The number of hydrogen-bond donors (Lipinski definition) is 2. The fraction of sp³-hybridized carbons (Fsp3) is 0.429. The van der Waals surface area contributed by atoms with Gasteiger partial charge in [0.2, 0.25) is 0 Å². The normalized spacial score (nSPS) is 22.4. The molecule has 1 aromatic carbocycles. The van der Waals surface area contributed by atoms with Crippen LogP contribution in [0.1, 0.15) is 24.8 Å². The minimum Gasteiger partial charge on any atom is -0.486 e. The maximum atomic E-state index is 11.0. The van der Waals surface area contributed by atoms with Crippen molar-refractivity contribution in [2.75, 3.05) is 13.1 Å². The van der Waals surface area contributed by atoms with Gasteiger partial charge in [0.15, 0.2) is 0 Å². The summed E-state index contributed by atoms with van der Waals surface area (Å²) in [6.45, 7) is 0.881. The van der Waals surface area contributed by atoms with Crippen molar-refractivity contribution in [2.24, 2.45) is 5.16 Å². The van der Waals surface area contributed by atoms with Gasteiger partial charge in [0, 0.05) is 37.9 Å².